The number of nitrogens with zero attached hydrogens (tertiary/aromatic N) is 3. The first-order valence-corrected chi connectivity index (χ1v) is 9.06. The summed E-state index contributed by atoms with van der Waals surface area (Å²) >= 11 is 0. The van der Waals surface area contributed by atoms with Crippen molar-refractivity contribution in [1.29, 1.82) is 0 Å². The lowest BCUT2D eigenvalue weighted by Gasteiger charge is -2.03. The number of esters is 1. The van der Waals surface area contributed by atoms with Gasteiger partial charge in [0.1, 0.15) is 12.4 Å². The van der Waals surface area contributed by atoms with Crippen molar-refractivity contribution in [3.63, 3.8) is 0 Å². The standard InChI is InChI=1S/C22H18N4O3/c27-21(29-15-20-24-19-9-5-4-8-18(19)22(28)25-20)11-10-17-12-23-26(14-17)13-16-6-2-1-3-7-16/h1-12,14H,13,15H2,(H,24,25,28)/b11-10+. The van der Waals surface area contributed by atoms with E-state index in [-0.39, 0.29) is 12.2 Å². The molecule has 0 amide bonds. The zero-order valence-corrected chi connectivity index (χ0v) is 15.5. The van der Waals surface area contributed by atoms with Crippen LogP contribution in [-0.4, -0.2) is 25.7 Å². The Hall–Kier alpha value is -4.00. The highest BCUT2D eigenvalue weighted by atomic mass is 16.5. The second kappa shape index (κ2) is 8.35. The molecule has 7 nitrogen and oxygen atoms in total. The predicted octanol–water partition coefficient (Wildman–Crippen LogP) is 2.92. The molecule has 0 aliphatic heterocycles. The quantitative estimate of drug-likeness (QED) is 0.406. The molecule has 4 rings (SSSR count). The molecule has 2 heterocycles. The number of ether oxygens (including phenoxy) is 1. The highest BCUT2D eigenvalue weighted by Crippen LogP contribution is 2.07. The molecule has 0 atom stereocenters. The van der Waals surface area contributed by atoms with Crippen LogP contribution in [-0.2, 0) is 22.7 Å². The number of para-hydroxylation sites is 1. The van der Waals surface area contributed by atoms with Crippen LogP contribution in [0.4, 0.5) is 0 Å². The van der Waals surface area contributed by atoms with Crippen molar-refractivity contribution in [2.75, 3.05) is 0 Å². The summed E-state index contributed by atoms with van der Waals surface area (Å²) in [6.07, 6.45) is 6.48. The normalized spacial score (nSPS) is 11.2. The van der Waals surface area contributed by atoms with Crippen molar-refractivity contribution in [1.82, 2.24) is 19.7 Å². The van der Waals surface area contributed by atoms with E-state index in [4.69, 9.17) is 4.74 Å². The predicted molar refractivity (Wildman–Crippen MR) is 109 cm³/mol. The molecule has 144 valence electrons. The monoisotopic (exact) mass is 386 g/mol. The van der Waals surface area contributed by atoms with Gasteiger partial charge < -0.3 is 9.72 Å². The molecule has 1 N–H and O–H groups in total. The van der Waals surface area contributed by atoms with Gasteiger partial charge in [0, 0.05) is 17.8 Å². The van der Waals surface area contributed by atoms with Crippen molar-refractivity contribution >= 4 is 22.9 Å². The molecule has 0 radical (unpaired) electrons. The number of aromatic nitrogens is 4. The Labute approximate surface area is 166 Å². The van der Waals surface area contributed by atoms with Crippen LogP contribution in [0.2, 0.25) is 0 Å². The van der Waals surface area contributed by atoms with E-state index in [0.29, 0.717) is 23.3 Å². The number of carbonyl (C=O) groups is 1. The van der Waals surface area contributed by atoms with Crippen molar-refractivity contribution in [3.05, 3.63) is 100 Å². The fourth-order valence-corrected chi connectivity index (χ4v) is 2.88. The number of benzene rings is 2. The van der Waals surface area contributed by atoms with Gasteiger partial charge in [0.05, 0.1) is 23.6 Å². The van der Waals surface area contributed by atoms with E-state index in [0.717, 1.165) is 11.1 Å². The summed E-state index contributed by atoms with van der Waals surface area (Å²) in [7, 11) is 0. The summed E-state index contributed by atoms with van der Waals surface area (Å²) in [6, 6.07) is 17.0. The number of fused-ring (bicyclic) bond motifs is 1. The van der Waals surface area contributed by atoms with Gasteiger partial charge in [-0.1, -0.05) is 42.5 Å². The molecule has 0 unspecified atom stereocenters. The molecule has 0 bridgehead atoms. The van der Waals surface area contributed by atoms with E-state index < -0.39 is 5.97 Å². The molecule has 0 fully saturated rings. The first-order valence-electron chi connectivity index (χ1n) is 9.06. The number of H-pyrrole nitrogens is 1. The van der Waals surface area contributed by atoms with Crippen molar-refractivity contribution < 1.29 is 9.53 Å². The Morgan fingerprint density at radius 1 is 1.10 bits per heavy atom. The third-order valence-corrected chi connectivity index (χ3v) is 4.27. The molecule has 0 aliphatic rings. The second-order valence-electron chi connectivity index (χ2n) is 6.43. The zero-order valence-electron chi connectivity index (χ0n) is 15.5. The Morgan fingerprint density at radius 3 is 2.76 bits per heavy atom. The minimum absolute atomic E-state index is 0.115. The van der Waals surface area contributed by atoms with Gasteiger partial charge in [-0.2, -0.15) is 5.10 Å². The van der Waals surface area contributed by atoms with Gasteiger partial charge in [0.25, 0.3) is 5.56 Å². The average molecular weight is 386 g/mol. The van der Waals surface area contributed by atoms with Crippen LogP contribution in [0.5, 0.6) is 0 Å². The van der Waals surface area contributed by atoms with E-state index in [2.05, 4.69) is 15.1 Å². The van der Waals surface area contributed by atoms with E-state index in [1.54, 1.807) is 41.2 Å². The smallest absolute Gasteiger partial charge is 0.331 e. The average Bonchev–Trinajstić information content (AvgIpc) is 3.19. The van der Waals surface area contributed by atoms with Gasteiger partial charge in [-0.3, -0.25) is 9.48 Å². The topological polar surface area (TPSA) is 89.9 Å². The lowest BCUT2D eigenvalue weighted by molar-refractivity contribution is -0.139. The summed E-state index contributed by atoms with van der Waals surface area (Å²) in [5.74, 6) is -0.234. The number of rotatable bonds is 6. The Kier molecular flexibility index (Phi) is 5.29. The number of aromatic amines is 1. The number of hydrogen-bond donors (Lipinski definition) is 1. The summed E-state index contributed by atoms with van der Waals surface area (Å²) < 4.78 is 6.97. The van der Waals surface area contributed by atoms with Crippen LogP contribution in [0.3, 0.4) is 0 Å². The maximum Gasteiger partial charge on any atom is 0.331 e. The third-order valence-electron chi connectivity index (χ3n) is 4.27. The molecular weight excluding hydrogens is 368 g/mol. The first-order chi connectivity index (χ1) is 14.2. The maximum atomic E-state index is 12.0. The fourth-order valence-electron chi connectivity index (χ4n) is 2.88. The van der Waals surface area contributed by atoms with E-state index in [1.807, 2.05) is 36.5 Å². The molecule has 0 spiro atoms. The second-order valence-corrected chi connectivity index (χ2v) is 6.43. The highest BCUT2D eigenvalue weighted by Gasteiger charge is 2.05. The van der Waals surface area contributed by atoms with E-state index >= 15 is 0 Å². The molecular formula is C22H18N4O3. The summed E-state index contributed by atoms with van der Waals surface area (Å²) in [6.45, 7) is 0.538. The molecule has 2 aromatic heterocycles. The summed E-state index contributed by atoms with van der Waals surface area (Å²) in [5.41, 5.74) is 2.23. The number of hydrogen-bond acceptors (Lipinski definition) is 5. The number of nitrogens with one attached hydrogen (secondary N) is 1. The van der Waals surface area contributed by atoms with Crippen molar-refractivity contribution in [2.45, 2.75) is 13.2 Å². The Bertz CT molecular complexity index is 1230. The van der Waals surface area contributed by atoms with Crippen LogP contribution in [0.25, 0.3) is 17.0 Å². The molecule has 29 heavy (non-hydrogen) atoms. The van der Waals surface area contributed by atoms with Crippen LogP contribution in [0.1, 0.15) is 17.0 Å². The van der Waals surface area contributed by atoms with Gasteiger partial charge in [-0.15, -0.1) is 0 Å². The summed E-state index contributed by atoms with van der Waals surface area (Å²) in [5, 5.41) is 4.78. The minimum atomic E-state index is -0.531. The van der Waals surface area contributed by atoms with E-state index in [1.165, 1.54) is 6.08 Å². The zero-order chi connectivity index (χ0) is 20.1. The van der Waals surface area contributed by atoms with Crippen LogP contribution in [0.15, 0.2) is 77.9 Å². The SMILES string of the molecule is O=C(/C=C/c1cnn(Cc2ccccc2)c1)OCc1nc2ccccc2c(=O)[nH]1. The molecule has 0 aliphatic carbocycles. The molecule has 4 aromatic rings. The van der Waals surface area contributed by atoms with E-state index in [9.17, 15) is 9.59 Å². The third kappa shape index (κ3) is 4.65. The van der Waals surface area contributed by atoms with Crippen LogP contribution >= 0.6 is 0 Å². The molecule has 2 aromatic carbocycles. The molecule has 7 heteroatoms. The van der Waals surface area contributed by atoms with Gasteiger partial charge in [0.15, 0.2) is 0 Å². The van der Waals surface area contributed by atoms with Gasteiger partial charge in [-0.25, -0.2) is 9.78 Å². The van der Waals surface area contributed by atoms with Gasteiger partial charge in [-0.05, 0) is 23.8 Å². The van der Waals surface area contributed by atoms with Gasteiger partial charge >= 0.3 is 5.97 Å². The van der Waals surface area contributed by atoms with Crippen LogP contribution < -0.4 is 5.56 Å². The molecule has 0 saturated carbocycles. The van der Waals surface area contributed by atoms with Crippen molar-refractivity contribution in [2.24, 2.45) is 0 Å². The fraction of sp³-hybridized carbons (Fsp3) is 0.0909. The molecule has 0 saturated heterocycles. The van der Waals surface area contributed by atoms with Crippen LogP contribution in [0, 0.1) is 0 Å². The Morgan fingerprint density at radius 2 is 1.90 bits per heavy atom. The van der Waals surface area contributed by atoms with Crippen molar-refractivity contribution in [3.8, 4) is 0 Å². The highest BCUT2D eigenvalue weighted by molar-refractivity contribution is 5.86. The first kappa shape index (κ1) is 18.4. The summed E-state index contributed by atoms with van der Waals surface area (Å²) in [4.78, 5) is 30.9. The largest absolute Gasteiger partial charge is 0.454 e. The Balaban J connectivity index is 1.35. The van der Waals surface area contributed by atoms with Gasteiger partial charge in [0.2, 0.25) is 0 Å². The maximum absolute atomic E-state index is 12.0. The lowest BCUT2D eigenvalue weighted by Crippen LogP contribution is -2.13. The lowest BCUT2D eigenvalue weighted by atomic mass is 10.2. The minimum Gasteiger partial charge on any atom is -0.454 e. The number of carbonyl (C=O) groups excluding carboxylic acids is 1.